The third-order valence-electron chi connectivity index (χ3n) is 4.77. The highest BCUT2D eigenvalue weighted by Crippen LogP contribution is 2.35. The van der Waals surface area contributed by atoms with Crippen LogP contribution in [0.2, 0.25) is 0 Å². The van der Waals surface area contributed by atoms with Crippen LogP contribution in [-0.2, 0) is 4.74 Å². The van der Waals surface area contributed by atoms with Gasteiger partial charge in [0.05, 0.1) is 12.2 Å². The van der Waals surface area contributed by atoms with E-state index in [2.05, 4.69) is 20.9 Å². The summed E-state index contributed by atoms with van der Waals surface area (Å²) in [6.07, 6.45) is 5.23. The molecule has 0 saturated carbocycles. The van der Waals surface area contributed by atoms with Crippen molar-refractivity contribution in [3.05, 3.63) is 30.0 Å². The summed E-state index contributed by atoms with van der Waals surface area (Å²) < 4.78 is 5.63. The average molecular weight is 294 g/mol. The van der Waals surface area contributed by atoms with E-state index in [4.69, 9.17) is 4.74 Å². The van der Waals surface area contributed by atoms with Gasteiger partial charge in [-0.3, -0.25) is 0 Å². The largest absolute Gasteiger partial charge is 0.381 e. The molecule has 2 unspecified atom stereocenters. The van der Waals surface area contributed by atoms with Crippen molar-refractivity contribution in [2.45, 2.75) is 25.3 Å². The fourth-order valence-corrected chi connectivity index (χ4v) is 3.53. The van der Waals surface area contributed by atoms with Crippen LogP contribution in [0, 0.1) is 17.2 Å². The number of ether oxygens (including phenoxy) is 1. The molecule has 2 aliphatic heterocycles. The van der Waals surface area contributed by atoms with E-state index in [1.54, 1.807) is 6.20 Å². The minimum Gasteiger partial charge on any atom is -0.381 e. The number of anilines is 1. The Labute approximate surface area is 129 Å². The first kappa shape index (κ1) is 13.5. The molecule has 2 saturated heterocycles. The van der Waals surface area contributed by atoms with E-state index in [0.717, 1.165) is 43.8 Å². The predicted octanol–water partition coefficient (Wildman–Crippen LogP) is 2.51. The molecule has 0 spiro atoms. The van der Waals surface area contributed by atoms with Crippen molar-refractivity contribution in [1.82, 2.24) is 9.97 Å². The van der Waals surface area contributed by atoms with Gasteiger partial charge in [0.15, 0.2) is 5.65 Å². The van der Waals surface area contributed by atoms with Crippen LogP contribution in [-0.4, -0.2) is 35.8 Å². The minimum atomic E-state index is 0.445. The number of rotatable bonds is 2. The first-order valence-corrected chi connectivity index (χ1v) is 7.87. The first-order chi connectivity index (χ1) is 10.9. The number of nitriles is 1. The van der Waals surface area contributed by atoms with Gasteiger partial charge in [-0.2, -0.15) is 5.26 Å². The van der Waals surface area contributed by atoms with Gasteiger partial charge in [0, 0.05) is 36.7 Å². The lowest BCUT2D eigenvalue weighted by atomic mass is 9.85. The van der Waals surface area contributed by atoms with Crippen LogP contribution in [0.5, 0.6) is 0 Å². The van der Waals surface area contributed by atoms with Crippen molar-refractivity contribution in [2.24, 2.45) is 5.92 Å². The second-order valence-electron chi connectivity index (χ2n) is 6.05. The normalized spacial score (nSPS) is 24.8. The minimum absolute atomic E-state index is 0.445. The van der Waals surface area contributed by atoms with Gasteiger partial charge in [0.2, 0.25) is 0 Å². The van der Waals surface area contributed by atoms with Crippen molar-refractivity contribution >= 4 is 16.9 Å². The molecule has 22 heavy (non-hydrogen) atoms. The van der Waals surface area contributed by atoms with Crippen molar-refractivity contribution in [1.29, 1.82) is 5.26 Å². The molecule has 2 fully saturated rings. The molecule has 0 N–H and O–H groups in total. The molecule has 2 atom stereocenters. The second kappa shape index (κ2) is 5.54. The molecule has 4 heterocycles. The Morgan fingerprint density at radius 2 is 2.32 bits per heavy atom. The van der Waals surface area contributed by atoms with Crippen LogP contribution in [0.4, 0.5) is 5.82 Å². The molecule has 0 aliphatic carbocycles. The Morgan fingerprint density at radius 1 is 1.36 bits per heavy atom. The quantitative estimate of drug-likeness (QED) is 0.851. The highest BCUT2D eigenvalue weighted by atomic mass is 16.5. The molecule has 2 aromatic rings. The van der Waals surface area contributed by atoms with Crippen LogP contribution < -0.4 is 4.90 Å². The zero-order valence-corrected chi connectivity index (χ0v) is 12.4. The molecular formula is C17H18N4O. The lowest BCUT2D eigenvalue weighted by Gasteiger charge is -2.47. The lowest BCUT2D eigenvalue weighted by molar-refractivity contribution is 0.0355. The Morgan fingerprint density at radius 3 is 3.05 bits per heavy atom. The Bertz CT molecular complexity index is 733. The van der Waals surface area contributed by atoms with Gasteiger partial charge in [-0.1, -0.05) is 0 Å². The predicted molar refractivity (Wildman–Crippen MR) is 83.5 cm³/mol. The standard InChI is InChI=1S/C17H18N4O/c18-10-14-9-12-3-1-6-19-16(12)20-17(14)21-7-5-15(21)13-4-2-8-22-11-13/h1,3,6,9,13,15H,2,4-5,7-8,11H2. The first-order valence-electron chi connectivity index (χ1n) is 7.87. The zero-order valence-electron chi connectivity index (χ0n) is 12.4. The zero-order chi connectivity index (χ0) is 14.9. The summed E-state index contributed by atoms with van der Waals surface area (Å²) in [4.78, 5) is 11.3. The molecule has 0 radical (unpaired) electrons. The van der Waals surface area contributed by atoms with Gasteiger partial charge in [-0.05, 0) is 37.5 Å². The molecule has 112 valence electrons. The van der Waals surface area contributed by atoms with Crippen molar-refractivity contribution in [3.63, 3.8) is 0 Å². The molecule has 5 nitrogen and oxygen atoms in total. The summed E-state index contributed by atoms with van der Waals surface area (Å²) in [7, 11) is 0. The molecule has 0 bridgehead atoms. The van der Waals surface area contributed by atoms with E-state index in [1.165, 1.54) is 6.42 Å². The van der Waals surface area contributed by atoms with E-state index in [9.17, 15) is 5.26 Å². The smallest absolute Gasteiger partial charge is 0.161 e. The number of nitrogens with zero attached hydrogens (tertiary/aromatic N) is 4. The summed E-state index contributed by atoms with van der Waals surface area (Å²) in [5, 5.41) is 10.4. The second-order valence-corrected chi connectivity index (χ2v) is 6.05. The van der Waals surface area contributed by atoms with Crippen molar-refractivity contribution in [3.8, 4) is 6.07 Å². The van der Waals surface area contributed by atoms with Crippen LogP contribution >= 0.6 is 0 Å². The summed E-state index contributed by atoms with van der Waals surface area (Å²) in [5.41, 5.74) is 1.35. The number of fused-ring (bicyclic) bond motifs is 1. The Hall–Kier alpha value is -2.19. The molecular weight excluding hydrogens is 276 g/mol. The van der Waals surface area contributed by atoms with Crippen molar-refractivity contribution < 1.29 is 4.74 Å². The molecule has 4 rings (SSSR count). The van der Waals surface area contributed by atoms with Crippen molar-refractivity contribution in [2.75, 3.05) is 24.7 Å². The Kier molecular flexibility index (Phi) is 3.39. The lowest BCUT2D eigenvalue weighted by Crippen LogP contribution is -2.54. The summed E-state index contributed by atoms with van der Waals surface area (Å²) in [6.45, 7) is 2.67. The molecule has 2 aromatic heterocycles. The number of hydrogen-bond donors (Lipinski definition) is 0. The van der Waals surface area contributed by atoms with Gasteiger partial charge in [-0.15, -0.1) is 0 Å². The van der Waals surface area contributed by atoms with Crippen LogP contribution in [0.3, 0.4) is 0 Å². The monoisotopic (exact) mass is 294 g/mol. The fraction of sp³-hybridized carbons (Fsp3) is 0.471. The van der Waals surface area contributed by atoms with E-state index in [0.29, 0.717) is 23.2 Å². The number of pyridine rings is 2. The summed E-state index contributed by atoms with van der Waals surface area (Å²) >= 11 is 0. The SMILES string of the molecule is N#Cc1cc2cccnc2nc1N1CCC1C1CCCOC1. The summed E-state index contributed by atoms with van der Waals surface area (Å²) in [6, 6.07) is 8.46. The van der Waals surface area contributed by atoms with E-state index < -0.39 is 0 Å². The van der Waals surface area contributed by atoms with Gasteiger partial charge < -0.3 is 9.64 Å². The third-order valence-corrected chi connectivity index (χ3v) is 4.77. The molecule has 0 aromatic carbocycles. The van der Waals surface area contributed by atoms with Crippen LogP contribution in [0.1, 0.15) is 24.8 Å². The van der Waals surface area contributed by atoms with Gasteiger partial charge in [-0.25, -0.2) is 9.97 Å². The molecule has 5 heteroatoms. The van der Waals surface area contributed by atoms with Gasteiger partial charge in [0.25, 0.3) is 0 Å². The molecule has 0 amide bonds. The average Bonchev–Trinajstić information content (AvgIpc) is 2.54. The highest BCUT2D eigenvalue weighted by molar-refractivity contribution is 5.80. The van der Waals surface area contributed by atoms with E-state index in [-0.39, 0.29) is 0 Å². The van der Waals surface area contributed by atoms with Gasteiger partial charge >= 0.3 is 0 Å². The summed E-state index contributed by atoms with van der Waals surface area (Å²) in [5.74, 6) is 1.34. The third kappa shape index (κ3) is 2.20. The maximum absolute atomic E-state index is 9.48. The van der Waals surface area contributed by atoms with Gasteiger partial charge in [0.1, 0.15) is 11.9 Å². The maximum Gasteiger partial charge on any atom is 0.161 e. The molecule has 2 aliphatic rings. The Balaban J connectivity index is 1.69. The van der Waals surface area contributed by atoms with E-state index in [1.807, 2.05) is 18.2 Å². The topological polar surface area (TPSA) is 62.0 Å². The van der Waals surface area contributed by atoms with Crippen LogP contribution in [0.15, 0.2) is 24.4 Å². The van der Waals surface area contributed by atoms with E-state index >= 15 is 0 Å². The fourth-order valence-electron chi connectivity index (χ4n) is 3.53. The number of aromatic nitrogens is 2. The number of hydrogen-bond acceptors (Lipinski definition) is 5. The maximum atomic E-state index is 9.48. The highest BCUT2D eigenvalue weighted by Gasteiger charge is 2.37. The van der Waals surface area contributed by atoms with Crippen LogP contribution in [0.25, 0.3) is 11.0 Å².